The van der Waals surface area contributed by atoms with Crippen molar-refractivity contribution < 1.29 is 9.32 Å². The Hall–Kier alpha value is -2.21. The second-order valence-electron chi connectivity index (χ2n) is 6.33. The number of aromatic nitrogens is 2. The number of amides is 1. The Kier molecular flexibility index (Phi) is 5.25. The van der Waals surface area contributed by atoms with E-state index >= 15 is 0 Å². The number of nitrogens with zero attached hydrogens (tertiary/aromatic N) is 3. The molecule has 0 aromatic carbocycles. The van der Waals surface area contributed by atoms with Crippen LogP contribution < -0.4 is 5.32 Å². The molecule has 0 radical (unpaired) electrons. The van der Waals surface area contributed by atoms with Crippen LogP contribution in [0.1, 0.15) is 42.3 Å². The molecule has 0 spiro atoms. The molecule has 1 saturated heterocycles. The van der Waals surface area contributed by atoms with Gasteiger partial charge in [-0.1, -0.05) is 11.6 Å². The molecule has 0 aliphatic carbocycles. The first kappa shape index (κ1) is 16.6. The Morgan fingerprint density at radius 1 is 1.38 bits per heavy atom. The molecule has 1 N–H and O–H groups in total. The van der Waals surface area contributed by atoms with Gasteiger partial charge in [0.15, 0.2) is 0 Å². The molecule has 6 heteroatoms. The molecule has 24 heavy (non-hydrogen) atoms. The third-order valence-electron chi connectivity index (χ3n) is 4.67. The first-order valence-electron chi connectivity index (χ1n) is 8.55. The average Bonchev–Trinajstić information content (AvgIpc) is 2.99. The van der Waals surface area contributed by atoms with Gasteiger partial charge < -0.3 is 9.84 Å². The summed E-state index contributed by atoms with van der Waals surface area (Å²) in [6.07, 6.45) is 7.15. The molecule has 128 valence electrons. The molecule has 3 rings (SSSR count). The van der Waals surface area contributed by atoms with Crippen molar-refractivity contribution in [3.63, 3.8) is 0 Å². The third-order valence-corrected chi connectivity index (χ3v) is 4.67. The van der Waals surface area contributed by atoms with E-state index in [9.17, 15) is 4.79 Å². The molecule has 2 aromatic rings. The van der Waals surface area contributed by atoms with Crippen LogP contribution in [-0.4, -0.2) is 46.6 Å². The van der Waals surface area contributed by atoms with E-state index in [0.717, 1.165) is 18.7 Å². The van der Waals surface area contributed by atoms with E-state index in [2.05, 4.69) is 27.3 Å². The summed E-state index contributed by atoms with van der Waals surface area (Å²) < 4.78 is 5.24. The Bertz CT molecular complexity index is 684. The predicted octanol–water partition coefficient (Wildman–Crippen LogP) is 2.65. The van der Waals surface area contributed by atoms with Crippen LogP contribution in [0.4, 0.5) is 0 Å². The summed E-state index contributed by atoms with van der Waals surface area (Å²) in [7, 11) is 0. The van der Waals surface area contributed by atoms with E-state index in [1.165, 1.54) is 19.3 Å². The second-order valence-corrected chi connectivity index (χ2v) is 6.33. The summed E-state index contributed by atoms with van der Waals surface area (Å²) in [6, 6.07) is 4.24. The van der Waals surface area contributed by atoms with Gasteiger partial charge in [0.1, 0.15) is 17.0 Å². The van der Waals surface area contributed by atoms with Crippen LogP contribution in [-0.2, 0) is 0 Å². The first-order chi connectivity index (χ1) is 11.7. The van der Waals surface area contributed by atoms with Gasteiger partial charge in [-0.05, 0) is 45.4 Å². The molecule has 1 aliphatic heterocycles. The van der Waals surface area contributed by atoms with E-state index in [-0.39, 0.29) is 5.91 Å². The molecule has 1 aliphatic rings. The van der Waals surface area contributed by atoms with Crippen LogP contribution in [0.25, 0.3) is 11.3 Å². The number of likely N-dealkylation sites (tertiary alicyclic amines) is 1. The minimum Gasteiger partial charge on any atom is -0.360 e. The largest absolute Gasteiger partial charge is 0.360 e. The lowest BCUT2D eigenvalue weighted by molar-refractivity contribution is 0.0937. The van der Waals surface area contributed by atoms with Crippen LogP contribution in [0.3, 0.4) is 0 Å². The van der Waals surface area contributed by atoms with E-state index in [4.69, 9.17) is 4.52 Å². The van der Waals surface area contributed by atoms with E-state index in [0.29, 0.717) is 29.6 Å². The SMILES string of the molecule is Cc1onc(-c2ccncc2)c1C(=O)NCCN1CCCC[C@H]1C. The second kappa shape index (κ2) is 7.57. The maximum absolute atomic E-state index is 12.6. The van der Waals surface area contributed by atoms with Gasteiger partial charge in [0, 0.05) is 37.1 Å². The maximum atomic E-state index is 12.6. The molecular formula is C18H24N4O2. The number of aryl methyl sites for hydroxylation is 1. The zero-order chi connectivity index (χ0) is 16.9. The fourth-order valence-electron chi connectivity index (χ4n) is 3.24. The summed E-state index contributed by atoms with van der Waals surface area (Å²) in [5.74, 6) is 0.399. The van der Waals surface area contributed by atoms with Crippen LogP contribution in [0, 0.1) is 6.92 Å². The minimum atomic E-state index is -0.134. The number of carbonyl (C=O) groups excluding carboxylic acids is 1. The molecular weight excluding hydrogens is 304 g/mol. The highest BCUT2D eigenvalue weighted by Gasteiger charge is 2.22. The number of carbonyl (C=O) groups is 1. The Morgan fingerprint density at radius 3 is 2.92 bits per heavy atom. The lowest BCUT2D eigenvalue weighted by Crippen LogP contribution is -2.42. The van der Waals surface area contributed by atoms with E-state index in [1.807, 2.05) is 12.1 Å². The number of nitrogens with one attached hydrogen (secondary N) is 1. The summed E-state index contributed by atoms with van der Waals surface area (Å²) >= 11 is 0. The van der Waals surface area contributed by atoms with Crippen LogP contribution in [0.5, 0.6) is 0 Å². The summed E-state index contributed by atoms with van der Waals surface area (Å²) in [6.45, 7) is 6.64. The quantitative estimate of drug-likeness (QED) is 0.913. The Labute approximate surface area is 142 Å². The predicted molar refractivity (Wildman–Crippen MR) is 91.7 cm³/mol. The molecule has 1 atom stereocenters. The van der Waals surface area contributed by atoms with Gasteiger partial charge in [0.05, 0.1) is 0 Å². The highest BCUT2D eigenvalue weighted by molar-refractivity contribution is 6.00. The van der Waals surface area contributed by atoms with Gasteiger partial charge >= 0.3 is 0 Å². The van der Waals surface area contributed by atoms with Crippen molar-refractivity contribution in [2.75, 3.05) is 19.6 Å². The van der Waals surface area contributed by atoms with Crippen LogP contribution in [0.15, 0.2) is 29.0 Å². The van der Waals surface area contributed by atoms with E-state index < -0.39 is 0 Å². The van der Waals surface area contributed by atoms with Gasteiger partial charge in [0.2, 0.25) is 0 Å². The zero-order valence-corrected chi connectivity index (χ0v) is 14.3. The average molecular weight is 328 g/mol. The van der Waals surface area contributed by atoms with Gasteiger partial charge in [0.25, 0.3) is 5.91 Å². The number of rotatable bonds is 5. The van der Waals surface area contributed by atoms with Gasteiger partial charge in [-0.3, -0.25) is 14.7 Å². The van der Waals surface area contributed by atoms with E-state index in [1.54, 1.807) is 19.3 Å². The molecule has 0 unspecified atom stereocenters. The van der Waals surface area contributed by atoms with Crippen LogP contribution in [0.2, 0.25) is 0 Å². The first-order valence-corrected chi connectivity index (χ1v) is 8.55. The fourth-order valence-corrected chi connectivity index (χ4v) is 3.24. The maximum Gasteiger partial charge on any atom is 0.257 e. The molecule has 0 bridgehead atoms. The van der Waals surface area contributed by atoms with Gasteiger partial charge in [-0.2, -0.15) is 0 Å². The molecule has 3 heterocycles. The van der Waals surface area contributed by atoms with Gasteiger partial charge in [-0.25, -0.2) is 0 Å². The third kappa shape index (κ3) is 3.64. The van der Waals surface area contributed by atoms with Crippen molar-refractivity contribution in [2.45, 2.75) is 39.2 Å². The highest BCUT2D eigenvalue weighted by atomic mass is 16.5. The molecule has 0 saturated carbocycles. The number of piperidine rings is 1. The van der Waals surface area contributed by atoms with Crippen molar-refractivity contribution in [1.82, 2.24) is 20.4 Å². The molecule has 1 amide bonds. The monoisotopic (exact) mass is 328 g/mol. The lowest BCUT2D eigenvalue weighted by atomic mass is 10.0. The fraction of sp³-hybridized carbons (Fsp3) is 0.500. The summed E-state index contributed by atoms with van der Waals surface area (Å²) in [5.41, 5.74) is 1.91. The summed E-state index contributed by atoms with van der Waals surface area (Å²) in [4.78, 5) is 19.0. The summed E-state index contributed by atoms with van der Waals surface area (Å²) in [5, 5.41) is 7.05. The number of hydrogen-bond donors (Lipinski definition) is 1. The molecule has 1 fully saturated rings. The molecule has 2 aromatic heterocycles. The van der Waals surface area contributed by atoms with Crippen LogP contribution >= 0.6 is 0 Å². The Morgan fingerprint density at radius 2 is 2.17 bits per heavy atom. The normalized spacial score (nSPS) is 18.5. The lowest BCUT2D eigenvalue weighted by Gasteiger charge is -2.33. The minimum absolute atomic E-state index is 0.134. The zero-order valence-electron chi connectivity index (χ0n) is 14.3. The number of pyridine rings is 1. The van der Waals surface area contributed by atoms with Crippen molar-refractivity contribution in [1.29, 1.82) is 0 Å². The highest BCUT2D eigenvalue weighted by Crippen LogP contribution is 2.24. The van der Waals surface area contributed by atoms with Crippen molar-refractivity contribution >= 4 is 5.91 Å². The molecule has 6 nitrogen and oxygen atoms in total. The van der Waals surface area contributed by atoms with Crippen molar-refractivity contribution in [2.24, 2.45) is 0 Å². The topological polar surface area (TPSA) is 71.3 Å². The standard InChI is InChI=1S/C18H24N4O2/c1-13-5-3-4-11-22(13)12-10-20-18(23)16-14(2)24-21-17(16)15-6-8-19-9-7-15/h6-9,13H,3-5,10-12H2,1-2H3,(H,20,23)/t13-/m1/s1. The smallest absolute Gasteiger partial charge is 0.257 e. The van der Waals surface area contributed by atoms with Gasteiger partial charge in [-0.15, -0.1) is 0 Å². The van der Waals surface area contributed by atoms with Crippen molar-refractivity contribution in [3.8, 4) is 11.3 Å². The number of hydrogen-bond acceptors (Lipinski definition) is 5. The van der Waals surface area contributed by atoms with Crippen molar-refractivity contribution in [3.05, 3.63) is 35.9 Å². The Balaban J connectivity index is 1.64.